The van der Waals surface area contributed by atoms with Crippen LogP contribution in [0.3, 0.4) is 0 Å². The van der Waals surface area contributed by atoms with Crippen molar-refractivity contribution in [2.45, 2.75) is 6.92 Å². The first-order valence-corrected chi connectivity index (χ1v) is 6.86. The second kappa shape index (κ2) is 6.90. The minimum absolute atomic E-state index is 0.236. The zero-order valence-electron chi connectivity index (χ0n) is 11.7. The third-order valence-electron chi connectivity index (χ3n) is 2.86. The summed E-state index contributed by atoms with van der Waals surface area (Å²) in [6, 6.07) is 9.18. The Balaban J connectivity index is 2.15. The number of hydrogen-bond donors (Lipinski definition) is 2. The van der Waals surface area contributed by atoms with E-state index in [9.17, 15) is 4.79 Å². The lowest BCUT2D eigenvalue weighted by Gasteiger charge is -2.09. The summed E-state index contributed by atoms with van der Waals surface area (Å²) in [4.78, 5) is 15.9. The van der Waals surface area contributed by atoms with E-state index in [0.717, 1.165) is 16.9 Å². The summed E-state index contributed by atoms with van der Waals surface area (Å²) < 4.78 is 0. The first kappa shape index (κ1) is 15.1. The van der Waals surface area contributed by atoms with Crippen LogP contribution in [-0.4, -0.2) is 17.4 Å². The largest absolute Gasteiger partial charge is 0.355 e. The van der Waals surface area contributed by atoms with Gasteiger partial charge in [0.15, 0.2) is 0 Å². The fourth-order valence-electron chi connectivity index (χ4n) is 1.73. The number of nitrogens with zero attached hydrogens (tertiary/aromatic N) is 1. The third kappa shape index (κ3) is 4.07. The molecule has 0 aliphatic heterocycles. The van der Waals surface area contributed by atoms with Gasteiger partial charge in [-0.3, -0.25) is 9.78 Å². The zero-order valence-corrected chi connectivity index (χ0v) is 12.4. The second-order valence-corrected chi connectivity index (χ2v) is 4.92. The van der Waals surface area contributed by atoms with Crippen molar-refractivity contribution in [1.29, 1.82) is 0 Å². The standard InChI is InChI=1S/C16H16ClN3O/c1-3-7-19-16(21)15-10-13(6-8-18-15)20-12-5-4-11(2)14(17)9-12/h3-6,8-10H,1,7H2,2H3,(H,18,20)(H,19,21). The number of anilines is 2. The Morgan fingerprint density at radius 3 is 2.81 bits per heavy atom. The molecule has 2 aromatic rings. The van der Waals surface area contributed by atoms with Gasteiger partial charge in [-0.05, 0) is 36.8 Å². The topological polar surface area (TPSA) is 54.0 Å². The lowest BCUT2D eigenvalue weighted by atomic mass is 10.2. The van der Waals surface area contributed by atoms with E-state index in [0.29, 0.717) is 17.3 Å². The summed E-state index contributed by atoms with van der Waals surface area (Å²) in [5, 5.41) is 6.58. The quantitative estimate of drug-likeness (QED) is 0.828. The molecule has 108 valence electrons. The van der Waals surface area contributed by atoms with Gasteiger partial charge in [0, 0.05) is 29.1 Å². The van der Waals surface area contributed by atoms with Crippen molar-refractivity contribution in [3.05, 3.63) is 65.5 Å². The normalized spacial score (nSPS) is 10.0. The van der Waals surface area contributed by atoms with Crippen LogP contribution in [0.1, 0.15) is 16.1 Å². The maximum atomic E-state index is 11.8. The Morgan fingerprint density at radius 1 is 1.33 bits per heavy atom. The van der Waals surface area contributed by atoms with Crippen molar-refractivity contribution in [2.24, 2.45) is 0 Å². The highest BCUT2D eigenvalue weighted by molar-refractivity contribution is 6.31. The first-order valence-electron chi connectivity index (χ1n) is 6.48. The smallest absolute Gasteiger partial charge is 0.270 e. The number of aryl methyl sites for hydroxylation is 1. The minimum atomic E-state index is -0.236. The van der Waals surface area contributed by atoms with Gasteiger partial charge in [0.05, 0.1) is 0 Å². The van der Waals surface area contributed by atoms with Gasteiger partial charge in [-0.1, -0.05) is 23.7 Å². The lowest BCUT2D eigenvalue weighted by molar-refractivity contribution is 0.0953. The van der Waals surface area contributed by atoms with Crippen LogP contribution in [0, 0.1) is 6.92 Å². The molecular formula is C16H16ClN3O. The molecule has 0 saturated carbocycles. The van der Waals surface area contributed by atoms with Crippen LogP contribution in [0.15, 0.2) is 49.2 Å². The number of carbonyl (C=O) groups excluding carboxylic acids is 1. The van der Waals surface area contributed by atoms with Crippen LogP contribution < -0.4 is 10.6 Å². The van der Waals surface area contributed by atoms with Crippen LogP contribution in [0.4, 0.5) is 11.4 Å². The number of amides is 1. The lowest BCUT2D eigenvalue weighted by Crippen LogP contribution is -2.24. The molecule has 1 aromatic heterocycles. The van der Waals surface area contributed by atoms with Gasteiger partial charge in [-0.2, -0.15) is 0 Å². The van der Waals surface area contributed by atoms with Crippen molar-refractivity contribution in [3.63, 3.8) is 0 Å². The maximum absolute atomic E-state index is 11.8. The van der Waals surface area contributed by atoms with E-state index in [1.807, 2.05) is 25.1 Å². The van der Waals surface area contributed by atoms with Crippen molar-refractivity contribution in [1.82, 2.24) is 10.3 Å². The van der Waals surface area contributed by atoms with Crippen molar-refractivity contribution in [2.75, 3.05) is 11.9 Å². The van der Waals surface area contributed by atoms with Gasteiger partial charge < -0.3 is 10.6 Å². The molecule has 1 aromatic carbocycles. The van der Waals surface area contributed by atoms with Gasteiger partial charge in [0.25, 0.3) is 5.91 Å². The highest BCUT2D eigenvalue weighted by atomic mass is 35.5. The number of benzene rings is 1. The van der Waals surface area contributed by atoms with E-state index in [1.54, 1.807) is 24.4 Å². The summed E-state index contributed by atoms with van der Waals surface area (Å²) >= 11 is 6.09. The molecule has 1 amide bonds. The van der Waals surface area contributed by atoms with Gasteiger partial charge in [-0.25, -0.2) is 0 Å². The number of aromatic nitrogens is 1. The average Bonchev–Trinajstić information content (AvgIpc) is 2.49. The maximum Gasteiger partial charge on any atom is 0.270 e. The van der Waals surface area contributed by atoms with E-state index in [2.05, 4.69) is 22.2 Å². The minimum Gasteiger partial charge on any atom is -0.355 e. The van der Waals surface area contributed by atoms with Crippen molar-refractivity contribution < 1.29 is 4.79 Å². The monoisotopic (exact) mass is 301 g/mol. The van der Waals surface area contributed by atoms with E-state index in [-0.39, 0.29) is 5.91 Å². The number of nitrogens with one attached hydrogen (secondary N) is 2. The highest BCUT2D eigenvalue weighted by Crippen LogP contribution is 2.23. The highest BCUT2D eigenvalue weighted by Gasteiger charge is 2.07. The predicted octanol–water partition coefficient (Wildman–Crippen LogP) is 3.70. The summed E-state index contributed by atoms with van der Waals surface area (Å²) in [5.41, 5.74) is 2.99. The second-order valence-electron chi connectivity index (χ2n) is 4.52. The predicted molar refractivity (Wildman–Crippen MR) is 86.2 cm³/mol. The number of halogens is 1. The van der Waals surface area contributed by atoms with Gasteiger partial charge in [-0.15, -0.1) is 6.58 Å². The summed E-state index contributed by atoms with van der Waals surface area (Å²) in [5.74, 6) is -0.236. The number of carbonyl (C=O) groups is 1. The van der Waals surface area contributed by atoms with Crippen molar-refractivity contribution in [3.8, 4) is 0 Å². The van der Waals surface area contributed by atoms with Gasteiger partial charge in [0.1, 0.15) is 5.69 Å². The van der Waals surface area contributed by atoms with Gasteiger partial charge in [0.2, 0.25) is 0 Å². The Labute approximate surface area is 128 Å². The van der Waals surface area contributed by atoms with Crippen LogP contribution in [0.25, 0.3) is 0 Å². The molecule has 2 N–H and O–H groups in total. The van der Waals surface area contributed by atoms with Crippen LogP contribution in [-0.2, 0) is 0 Å². The SMILES string of the molecule is C=CCNC(=O)c1cc(Nc2ccc(C)c(Cl)c2)ccn1. The molecule has 2 rings (SSSR count). The molecule has 0 radical (unpaired) electrons. The third-order valence-corrected chi connectivity index (χ3v) is 3.27. The molecule has 0 spiro atoms. The molecule has 21 heavy (non-hydrogen) atoms. The number of hydrogen-bond acceptors (Lipinski definition) is 3. The molecule has 0 saturated heterocycles. The van der Waals surface area contributed by atoms with Crippen molar-refractivity contribution >= 4 is 28.9 Å². The molecule has 0 fully saturated rings. The molecule has 1 heterocycles. The fourth-order valence-corrected chi connectivity index (χ4v) is 1.91. The first-order chi connectivity index (χ1) is 10.1. The Morgan fingerprint density at radius 2 is 2.10 bits per heavy atom. The molecule has 4 nitrogen and oxygen atoms in total. The Kier molecular flexibility index (Phi) is 4.95. The van der Waals surface area contributed by atoms with E-state index in [1.165, 1.54) is 0 Å². The molecule has 0 aliphatic rings. The molecule has 0 aliphatic carbocycles. The molecule has 0 atom stereocenters. The molecular weight excluding hydrogens is 286 g/mol. The van der Waals surface area contributed by atoms with E-state index >= 15 is 0 Å². The average molecular weight is 302 g/mol. The summed E-state index contributed by atoms with van der Waals surface area (Å²) in [6.45, 7) is 5.91. The summed E-state index contributed by atoms with van der Waals surface area (Å²) in [6.07, 6.45) is 3.20. The fraction of sp³-hybridized carbons (Fsp3) is 0.125. The number of pyridine rings is 1. The number of rotatable bonds is 5. The summed E-state index contributed by atoms with van der Waals surface area (Å²) in [7, 11) is 0. The Hall–Kier alpha value is -2.33. The molecule has 0 bridgehead atoms. The van der Waals surface area contributed by atoms with Crippen LogP contribution in [0.2, 0.25) is 5.02 Å². The van der Waals surface area contributed by atoms with Crippen LogP contribution in [0.5, 0.6) is 0 Å². The Bertz CT molecular complexity index is 670. The van der Waals surface area contributed by atoms with Gasteiger partial charge >= 0.3 is 0 Å². The van der Waals surface area contributed by atoms with E-state index < -0.39 is 0 Å². The molecule has 0 unspecified atom stereocenters. The zero-order chi connectivity index (χ0) is 15.2. The molecule has 5 heteroatoms. The van der Waals surface area contributed by atoms with E-state index in [4.69, 9.17) is 11.6 Å². The van der Waals surface area contributed by atoms with Crippen LogP contribution >= 0.6 is 11.6 Å².